The van der Waals surface area contributed by atoms with E-state index in [0.29, 0.717) is 39.3 Å². The van der Waals surface area contributed by atoms with Gasteiger partial charge < -0.3 is 24.8 Å². The number of methoxy groups -OCH3 is 3. The van der Waals surface area contributed by atoms with Crippen LogP contribution in [0.15, 0.2) is 12.1 Å². The van der Waals surface area contributed by atoms with Crippen LogP contribution in [0, 0.1) is 5.92 Å². The van der Waals surface area contributed by atoms with E-state index in [0.717, 1.165) is 24.8 Å². The van der Waals surface area contributed by atoms with Crippen LogP contribution in [0.5, 0.6) is 17.2 Å². The second-order valence-electron chi connectivity index (χ2n) is 7.00. The van der Waals surface area contributed by atoms with Crippen molar-refractivity contribution in [2.24, 2.45) is 5.92 Å². The zero-order valence-corrected chi connectivity index (χ0v) is 18.1. The molecule has 1 aromatic heterocycles. The Bertz CT molecular complexity index is 912. The SMILES string of the molecule is CNC(=O)c1c(NC(=O)c2cc(OC)c(OC)c(OC)c2)sc2c1CC[C@@H](C)C2. The maximum atomic E-state index is 13.0. The van der Waals surface area contributed by atoms with Crippen molar-refractivity contribution >= 4 is 28.2 Å². The number of rotatable bonds is 6. The van der Waals surface area contributed by atoms with Crippen molar-refractivity contribution < 1.29 is 23.8 Å². The number of fused-ring (bicyclic) bond motifs is 1. The van der Waals surface area contributed by atoms with Crippen LogP contribution in [0.1, 0.15) is 44.5 Å². The van der Waals surface area contributed by atoms with E-state index in [-0.39, 0.29) is 11.8 Å². The van der Waals surface area contributed by atoms with Gasteiger partial charge in [-0.3, -0.25) is 9.59 Å². The lowest BCUT2D eigenvalue weighted by molar-refractivity contribution is 0.0963. The fourth-order valence-corrected chi connectivity index (χ4v) is 4.99. The van der Waals surface area contributed by atoms with Crippen molar-refractivity contribution in [1.82, 2.24) is 5.32 Å². The molecule has 8 heteroatoms. The molecule has 0 saturated heterocycles. The predicted molar refractivity (Wildman–Crippen MR) is 113 cm³/mol. The van der Waals surface area contributed by atoms with Crippen molar-refractivity contribution in [2.75, 3.05) is 33.7 Å². The maximum Gasteiger partial charge on any atom is 0.256 e. The summed E-state index contributed by atoms with van der Waals surface area (Å²) in [6.45, 7) is 2.20. The number of anilines is 1. The van der Waals surface area contributed by atoms with E-state index in [1.807, 2.05) is 0 Å². The fourth-order valence-electron chi connectivity index (χ4n) is 3.59. The smallest absolute Gasteiger partial charge is 0.256 e. The molecular weight excluding hydrogens is 392 g/mol. The summed E-state index contributed by atoms with van der Waals surface area (Å²) < 4.78 is 16.0. The lowest BCUT2D eigenvalue weighted by Crippen LogP contribution is -2.22. The molecule has 1 aliphatic carbocycles. The summed E-state index contributed by atoms with van der Waals surface area (Å²) in [5, 5.41) is 6.19. The molecule has 0 aliphatic heterocycles. The Morgan fingerprint density at radius 2 is 1.72 bits per heavy atom. The van der Waals surface area contributed by atoms with Crippen LogP contribution >= 0.6 is 11.3 Å². The highest BCUT2D eigenvalue weighted by Gasteiger charge is 2.28. The minimum Gasteiger partial charge on any atom is -0.493 e. The van der Waals surface area contributed by atoms with Crippen molar-refractivity contribution in [3.05, 3.63) is 33.7 Å². The second-order valence-corrected chi connectivity index (χ2v) is 8.11. The summed E-state index contributed by atoms with van der Waals surface area (Å²) in [5.74, 6) is 1.24. The zero-order valence-electron chi connectivity index (χ0n) is 17.3. The third-order valence-corrected chi connectivity index (χ3v) is 6.29. The zero-order chi connectivity index (χ0) is 21.1. The molecule has 0 fully saturated rings. The van der Waals surface area contributed by atoms with Gasteiger partial charge >= 0.3 is 0 Å². The molecule has 156 valence electrons. The van der Waals surface area contributed by atoms with Gasteiger partial charge in [-0.15, -0.1) is 11.3 Å². The number of nitrogens with one attached hydrogen (secondary N) is 2. The Kier molecular flexibility index (Phi) is 6.32. The highest BCUT2D eigenvalue weighted by atomic mass is 32.1. The highest BCUT2D eigenvalue weighted by molar-refractivity contribution is 7.17. The summed E-state index contributed by atoms with van der Waals surface area (Å²) in [5.41, 5.74) is 1.97. The molecule has 1 aromatic carbocycles. The molecule has 1 heterocycles. The first-order chi connectivity index (χ1) is 13.9. The van der Waals surface area contributed by atoms with Crippen molar-refractivity contribution in [2.45, 2.75) is 26.2 Å². The van der Waals surface area contributed by atoms with Gasteiger partial charge in [0, 0.05) is 17.5 Å². The number of ether oxygens (including phenoxy) is 3. The molecule has 0 radical (unpaired) electrons. The van der Waals surface area contributed by atoms with Gasteiger partial charge in [-0.2, -0.15) is 0 Å². The van der Waals surface area contributed by atoms with E-state index in [1.165, 1.54) is 37.5 Å². The van der Waals surface area contributed by atoms with E-state index in [1.54, 1.807) is 19.2 Å². The van der Waals surface area contributed by atoms with Crippen LogP contribution in [0.3, 0.4) is 0 Å². The van der Waals surface area contributed by atoms with E-state index >= 15 is 0 Å². The average molecular weight is 419 g/mol. The number of benzene rings is 1. The van der Waals surface area contributed by atoms with Gasteiger partial charge in [0.1, 0.15) is 5.00 Å². The van der Waals surface area contributed by atoms with Crippen LogP contribution in [-0.2, 0) is 12.8 Å². The third kappa shape index (κ3) is 4.03. The topological polar surface area (TPSA) is 85.9 Å². The Labute approximate surface area is 174 Å². The fraction of sp³-hybridized carbons (Fsp3) is 0.429. The van der Waals surface area contributed by atoms with Crippen LogP contribution in [0.4, 0.5) is 5.00 Å². The van der Waals surface area contributed by atoms with E-state index < -0.39 is 0 Å². The summed E-state index contributed by atoms with van der Waals surface area (Å²) in [7, 11) is 6.10. The largest absolute Gasteiger partial charge is 0.493 e. The van der Waals surface area contributed by atoms with E-state index in [4.69, 9.17) is 14.2 Å². The van der Waals surface area contributed by atoms with Crippen LogP contribution in [-0.4, -0.2) is 40.2 Å². The normalized spacial score (nSPS) is 15.3. The summed E-state index contributed by atoms with van der Waals surface area (Å²) >= 11 is 1.48. The molecule has 2 N–H and O–H groups in total. The molecule has 2 aromatic rings. The Hall–Kier alpha value is -2.74. The maximum absolute atomic E-state index is 13.0. The van der Waals surface area contributed by atoms with Crippen molar-refractivity contribution in [1.29, 1.82) is 0 Å². The Morgan fingerprint density at radius 3 is 2.28 bits per heavy atom. The minimum atomic E-state index is -0.346. The molecule has 1 aliphatic rings. The average Bonchev–Trinajstić information content (AvgIpc) is 3.08. The quantitative estimate of drug-likeness (QED) is 0.750. The number of hydrogen-bond acceptors (Lipinski definition) is 6. The van der Waals surface area contributed by atoms with Crippen LogP contribution < -0.4 is 24.8 Å². The number of hydrogen-bond donors (Lipinski definition) is 2. The van der Waals surface area contributed by atoms with Crippen molar-refractivity contribution in [3.8, 4) is 17.2 Å². The van der Waals surface area contributed by atoms with Gasteiger partial charge in [0.25, 0.3) is 11.8 Å². The molecule has 7 nitrogen and oxygen atoms in total. The summed E-state index contributed by atoms with van der Waals surface area (Å²) in [4.78, 5) is 26.7. The van der Waals surface area contributed by atoms with Crippen LogP contribution in [0.25, 0.3) is 0 Å². The molecule has 0 saturated carbocycles. The molecule has 29 heavy (non-hydrogen) atoms. The van der Waals surface area contributed by atoms with Gasteiger partial charge in [0.2, 0.25) is 5.75 Å². The summed E-state index contributed by atoms with van der Waals surface area (Å²) in [6, 6.07) is 3.18. The highest BCUT2D eigenvalue weighted by Crippen LogP contribution is 2.41. The number of amides is 2. The monoisotopic (exact) mass is 418 g/mol. The lowest BCUT2D eigenvalue weighted by atomic mass is 9.88. The Balaban J connectivity index is 1.98. The number of carbonyl (C=O) groups excluding carboxylic acids is 2. The predicted octanol–water partition coefficient (Wildman–Crippen LogP) is 3.51. The molecule has 1 atom stereocenters. The van der Waals surface area contributed by atoms with Gasteiger partial charge in [-0.05, 0) is 42.9 Å². The molecule has 0 spiro atoms. The molecular formula is C21H26N2O5S. The van der Waals surface area contributed by atoms with E-state index in [9.17, 15) is 9.59 Å². The van der Waals surface area contributed by atoms with Crippen molar-refractivity contribution in [3.63, 3.8) is 0 Å². The third-order valence-electron chi connectivity index (χ3n) is 5.12. The first-order valence-corrected chi connectivity index (χ1v) is 10.2. The summed E-state index contributed by atoms with van der Waals surface area (Å²) in [6.07, 6.45) is 2.80. The molecule has 3 rings (SSSR count). The first kappa shape index (κ1) is 21.0. The Morgan fingerprint density at radius 1 is 1.07 bits per heavy atom. The van der Waals surface area contributed by atoms with Gasteiger partial charge in [0.05, 0.1) is 26.9 Å². The first-order valence-electron chi connectivity index (χ1n) is 9.41. The molecule has 0 bridgehead atoms. The number of thiophene rings is 1. The second kappa shape index (κ2) is 8.73. The molecule has 0 unspecified atom stereocenters. The standard InChI is InChI=1S/C21H26N2O5S/c1-11-6-7-13-16(8-11)29-21(17(13)20(25)22-2)23-19(24)12-9-14(26-3)18(28-5)15(10-12)27-4/h9-11H,6-8H2,1-5H3,(H,22,25)(H,23,24)/t11-/m1/s1. The van der Waals surface area contributed by atoms with Gasteiger partial charge in [-0.1, -0.05) is 6.92 Å². The van der Waals surface area contributed by atoms with E-state index in [2.05, 4.69) is 17.6 Å². The van der Waals surface area contributed by atoms with Crippen LogP contribution in [0.2, 0.25) is 0 Å². The van der Waals surface area contributed by atoms with Gasteiger partial charge in [0.15, 0.2) is 11.5 Å². The van der Waals surface area contributed by atoms with Gasteiger partial charge in [-0.25, -0.2) is 0 Å². The molecule has 2 amide bonds. The minimum absolute atomic E-state index is 0.183. The lowest BCUT2D eigenvalue weighted by Gasteiger charge is -2.18. The number of carbonyl (C=O) groups is 2.